The molecular formula is C136H92N2. The zero-order valence-electron chi connectivity index (χ0n) is 76.0. The molecule has 0 aromatic heterocycles. The highest BCUT2D eigenvalue weighted by Gasteiger charge is 2.52. The highest BCUT2D eigenvalue weighted by molar-refractivity contribution is 5.99. The predicted molar refractivity (Wildman–Crippen MR) is 572 cm³/mol. The van der Waals surface area contributed by atoms with Crippen LogP contribution in [-0.4, -0.2) is 0 Å². The molecule has 0 saturated heterocycles. The molecule has 0 heterocycles. The second kappa shape index (κ2) is 33.3. The summed E-state index contributed by atoms with van der Waals surface area (Å²) in [6, 6.07) is 210. The normalized spacial score (nSPS) is 14.3. The smallest absolute Gasteiger partial charge is 0.0714 e. The lowest BCUT2D eigenvalue weighted by atomic mass is 9.67. The highest BCUT2D eigenvalue weighted by atomic mass is 15.2. The van der Waals surface area contributed by atoms with Gasteiger partial charge in [0, 0.05) is 34.0 Å². The van der Waals surface area contributed by atoms with Gasteiger partial charge >= 0.3 is 0 Å². The Balaban J connectivity index is 0.651. The van der Waals surface area contributed by atoms with Crippen molar-refractivity contribution in [2.45, 2.75) is 21.7 Å². The first kappa shape index (κ1) is 81.2. The monoisotopic (exact) mass is 1750 g/mol. The zero-order chi connectivity index (χ0) is 91.3. The van der Waals surface area contributed by atoms with Gasteiger partial charge in [0.1, 0.15) is 0 Å². The van der Waals surface area contributed by atoms with Crippen LogP contribution >= 0.6 is 0 Å². The third kappa shape index (κ3) is 12.6. The number of hydrogen-bond acceptors (Lipinski definition) is 2. The van der Waals surface area contributed by atoms with Crippen LogP contribution in [0.15, 0.2) is 558 Å². The minimum absolute atomic E-state index is 0.651. The van der Waals surface area contributed by atoms with Gasteiger partial charge < -0.3 is 9.80 Å². The number of fused-ring (bicyclic) bond motifs is 12. The molecule has 646 valence electrons. The van der Waals surface area contributed by atoms with E-state index in [1.807, 2.05) is 0 Å². The van der Waals surface area contributed by atoms with Crippen LogP contribution in [-0.2, 0) is 21.7 Å². The van der Waals surface area contributed by atoms with E-state index in [4.69, 9.17) is 0 Å². The van der Waals surface area contributed by atoms with Crippen LogP contribution in [0.2, 0.25) is 0 Å². The first-order valence-corrected chi connectivity index (χ1v) is 48.1. The van der Waals surface area contributed by atoms with Crippen molar-refractivity contribution in [3.05, 3.63) is 647 Å². The summed E-state index contributed by atoms with van der Waals surface area (Å²) in [6.45, 7) is 0. The van der Waals surface area contributed by atoms with Crippen LogP contribution in [0, 0.1) is 0 Å². The van der Waals surface area contributed by atoms with Gasteiger partial charge in [-0.1, -0.05) is 473 Å². The minimum Gasteiger partial charge on any atom is -0.310 e. The number of anilines is 6. The second-order valence-corrected chi connectivity index (χ2v) is 37.1. The van der Waals surface area contributed by atoms with E-state index in [0.717, 1.165) is 89.8 Å². The Morgan fingerprint density at radius 1 is 0.109 bits per heavy atom. The van der Waals surface area contributed by atoms with E-state index in [2.05, 4.69) is 568 Å². The lowest BCUT2D eigenvalue weighted by molar-refractivity contribution is 0.767. The largest absolute Gasteiger partial charge is 0.310 e. The molecule has 26 rings (SSSR count). The van der Waals surface area contributed by atoms with Crippen LogP contribution in [0.3, 0.4) is 0 Å². The summed E-state index contributed by atoms with van der Waals surface area (Å²) in [5, 5.41) is 0. The number of hydrogen-bond donors (Lipinski definition) is 0. The average molecular weight is 1750 g/mol. The molecule has 1 atom stereocenters. The van der Waals surface area contributed by atoms with Crippen molar-refractivity contribution in [2.75, 3.05) is 9.80 Å². The van der Waals surface area contributed by atoms with E-state index in [1.165, 1.54) is 134 Å². The Morgan fingerprint density at radius 2 is 0.341 bits per heavy atom. The van der Waals surface area contributed by atoms with E-state index in [9.17, 15) is 0 Å². The van der Waals surface area contributed by atoms with Crippen molar-refractivity contribution < 1.29 is 0 Å². The molecular weight excluding hydrogens is 1660 g/mol. The maximum Gasteiger partial charge on any atom is 0.0714 e. The molecule has 22 aromatic rings. The van der Waals surface area contributed by atoms with Crippen molar-refractivity contribution in [1.29, 1.82) is 0 Å². The SMILES string of the molecule is c1ccc(-c2cc(-c3ccc(-c4cccc(C5(c6ccccc6)c6ccccc6-c6ccc(N(c7ccc8c(c7)C(c7ccccc7)(c7ccccc7)c7ccccc7-8)c7ccc(-c8ccccc8)cc7-c7ccccc7)cc65)c4)cc3)cc(N(c3ccc4c(c3)C(c3ccccc3)(c3ccccc3)c3ccccc3-4)c3ccc4c(c3)C(c3ccccc3)(c3ccccc3)c3ccccc3-4)c2)cc1. The summed E-state index contributed by atoms with van der Waals surface area (Å²) < 4.78 is 0. The van der Waals surface area contributed by atoms with Gasteiger partial charge in [0.2, 0.25) is 0 Å². The van der Waals surface area contributed by atoms with E-state index in [1.54, 1.807) is 0 Å². The molecule has 138 heavy (non-hydrogen) atoms. The molecule has 0 N–H and O–H groups in total. The number of rotatable bonds is 19. The fraction of sp³-hybridized carbons (Fsp3) is 0.0294. The van der Waals surface area contributed by atoms with Crippen molar-refractivity contribution in [3.63, 3.8) is 0 Å². The quantitative estimate of drug-likeness (QED) is 0.0796. The predicted octanol–water partition coefficient (Wildman–Crippen LogP) is 34.4. The topological polar surface area (TPSA) is 6.48 Å². The molecule has 0 fully saturated rings. The first-order chi connectivity index (χ1) is 68.4. The fourth-order valence-electron chi connectivity index (χ4n) is 24.4. The lowest BCUT2D eigenvalue weighted by Crippen LogP contribution is -2.29. The van der Waals surface area contributed by atoms with Crippen LogP contribution in [0.5, 0.6) is 0 Å². The third-order valence-electron chi connectivity index (χ3n) is 30.2. The highest BCUT2D eigenvalue weighted by Crippen LogP contribution is 2.64. The number of benzene rings is 22. The van der Waals surface area contributed by atoms with Gasteiger partial charge in [-0.05, 0) is 269 Å². The van der Waals surface area contributed by atoms with E-state index >= 15 is 0 Å². The van der Waals surface area contributed by atoms with E-state index in [-0.39, 0.29) is 0 Å². The molecule has 1 unspecified atom stereocenters. The molecule has 4 aliphatic rings. The molecule has 22 aromatic carbocycles. The standard InChI is InChI=1S/C136H92N2/c1-11-40-93(41-12-1)99-74-83-132(123(88-99)97-44-15-3-16-45-97)138(112-77-81-121-117-64-33-37-68-126(117)135(130(121)91-112,106-55-25-8-26-56-106)107-57-27-9-28-58-107)113-78-82-122-118-65-34-38-69-127(118)136(131(122)92-113,108-59-29-10-30-60-108)109-61-39-46-98(85-109)95-70-72-96(73-71-95)101-84-100(94-42-13-2-14-43-94)86-114(87-101)137(110-75-79-119-115-62-31-35-66-124(115)133(128(119)89-110,102-47-17-4-18-48-102)103-49-19-5-20-50-103)111-76-80-120-116-63-32-36-67-125(116)134(129(120)90-111,104-51-21-6-22-52-104)105-53-23-7-24-54-105/h1-92H. The summed E-state index contributed by atoms with van der Waals surface area (Å²) in [7, 11) is 0. The number of nitrogens with zero attached hydrogens (tertiary/aromatic N) is 2. The molecule has 2 nitrogen and oxygen atoms in total. The first-order valence-electron chi connectivity index (χ1n) is 48.1. The molecule has 0 aliphatic heterocycles. The van der Waals surface area contributed by atoms with Gasteiger partial charge in [-0.15, -0.1) is 0 Å². The van der Waals surface area contributed by atoms with Crippen LogP contribution in [0.25, 0.3) is 100 Å². The molecule has 0 saturated carbocycles. The molecule has 4 aliphatic carbocycles. The Bertz CT molecular complexity index is 8090. The Labute approximate surface area is 807 Å². The Hall–Kier alpha value is -17.6. The maximum absolute atomic E-state index is 2.57. The van der Waals surface area contributed by atoms with Gasteiger partial charge in [0.15, 0.2) is 0 Å². The van der Waals surface area contributed by atoms with Crippen molar-refractivity contribution >= 4 is 34.1 Å². The van der Waals surface area contributed by atoms with Crippen molar-refractivity contribution in [2.24, 2.45) is 0 Å². The van der Waals surface area contributed by atoms with Gasteiger partial charge in [-0.25, -0.2) is 0 Å². The Morgan fingerprint density at radius 3 is 0.674 bits per heavy atom. The van der Waals surface area contributed by atoms with E-state index in [0.29, 0.717) is 0 Å². The molecule has 0 spiro atoms. The summed E-state index contributed by atoms with van der Waals surface area (Å²) in [6.07, 6.45) is 0. The van der Waals surface area contributed by atoms with Crippen molar-refractivity contribution in [3.8, 4) is 100 Å². The van der Waals surface area contributed by atoms with Gasteiger partial charge in [-0.3, -0.25) is 0 Å². The average Bonchev–Trinajstić information content (AvgIpc) is 1.54. The van der Waals surface area contributed by atoms with Crippen LogP contribution < -0.4 is 9.80 Å². The molecule has 0 radical (unpaired) electrons. The van der Waals surface area contributed by atoms with Crippen LogP contribution in [0.1, 0.15) is 89.0 Å². The minimum atomic E-state index is -0.805. The third-order valence-corrected chi connectivity index (χ3v) is 30.2. The molecule has 0 bridgehead atoms. The summed E-state index contributed by atoms with van der Waals surface area (Å²) in [5.74, 6) is 0. The summed E-state index contributed by atoms with van der Waals surface area (Å²) in [5.41, 5.74) is 44.2. The van der Waals surface area contributed by atoms with E-state index < -0.39 is 21.7 Å². The zero-order valence-corrected chi connectivity index (χ0v) is 76.0. The molecule has 0 amide bonds. The van der Waals surface area contributed by atoms with Crippen LogP contribution in [0.4, 0.5) is 34.1 Å². The van der Waals surface area contributed by atoms with Gasteiger partial charge in [-0.2, -0.15) is 0 Å². The fourth-order valence-corrected chi connectivity index (χ4v) is 24.4. The second-order valence-electron chi connectivity index (χ2n) is 37.1. The summed E-state index contributed by atoms with van der Waals surface area (Å²) >= 11 is 0. The lowest BCUT2D eigenvalue weighted by Gasteiger charge is -2.36. The Kier molecular flexibility index (Phi) is 19.6. The van der Waals surface area contributed by atoms with Gasteiger partial charge in [0.25, 0.3) is 0 Å². The maximum atomic E-state index is 2.57. The van der Waals surface area contributed by atoms with Gasteiger partial charge in [0.05, 0.1) is 27.3 Å². The summed E-state index contributed by atoms with van der Waals surface area (Å²) in [4.78, 5) is 5.13. The molecule has 2 heteroatoms. The van der Waals surface area contributed by atoms with Crippen molar-refractivity contribution in [1.82, 2.24) is 0 Å².